The van der Waals surface area contributed by atoms with E-state index in [0.717, 1.165) is 12.0 Å². The van der Waals surface area contributed by atoms with E-state index in [9.17, 15) is 13.2 Å². The highest BCUT2D eigenvalue weighted by molar-refractivity contribution is 7.89. The molecule has 112 valence electrons. The summed E-state index contributed by atoms with van der Waals surface area (Å²) in [5, 5.41) is 8.60. The van der Waals surface area contributed by atoms with Gasteiger partial charge >= 0.3 is 5.97 Å². The molecule has 6 nitrogen and oxygen atoms in total. The molecule has 0 aliphatic rings. The van der Waals surface area contributed by atoms with Gasteiger partial charge in [0.05, 0.1) is 11.5 Å². The molecule has 0 amide bonds. The Morgan fingerprint density at radius 3 is 2.45 bits per heavy atom. The van der Waals surface area contributed by atoms with Crippen molar-refractivity contribution in [2.24, 2.45) is 0 Å². The van der Waals surface area contributed by atoms with Gasteiger partial charge < -0.3 is 9.84 Å². The lowest BCUT2D eigenvalue weighted by atomic mass is 10.2. The van der Waals surface area contributed by atoms with Gasteiger partial charge in [0, 0.05) is 6.54 Å². The molecule has 1 unspecified atom stereocenters. The minimum atomic E-state index is -3.58. The molecule has 0 bridgehead atoms. The van der Waals surface area contributed by atoms with Crippen LogP contribution in [0.4, 0.5) is 0 Å². The van der Waals surface area contributed by atoms with Crippen molar-refractivity contribution in [3.05, 3.63) is 29.8 Å². The molecule has 0 aromatic heterocycles. The number of aliphatic carboxylic acids is 1. The number of carboxylic acid groups (broad SMARTS) is 1. The number of hydrogen-bond acceptors (Lipinski definition) is 4. The van der Waals surface area contributed by atoms with E-state index in [1.807, 2.05) is 6.92 Å². The van der Waals surface area contributed by atoms with Crippen molar-refractivity contribution in [2.75, 3.05) is 13.2 Å². The van der Waals surface area contributed by atoms with E-state index < -0.39 is 22.1 Å². The fourth-order valence-corrected chi connectivity index (χ4v) is 2.48. The number of nitrogens with one attached hydrogen (secondary N) is 1. The summed E-state index contributed by atoms with van der Waals surface area (Å²) in [6.45, 7) is 3.40. The number of hydrogen-bond donors (Lipinski definition) is 2. The Balaban J connectivity index is 2.51. The molecule has 2 N–H and O–H groups in total. The Morgan fingerprint density at radius 1 is 1.35 bits per heavy atom. The molecule has 0 spiro atoms. The molecule has 0 fully saturated rings. The summed E-state index contributed by atoms with van der Waals surface area (Å²) >= 11 is 0. The van der Waals surface area contributed by atoms with Crippen molar-refractivity contribution in [1.82, 2.24) is 4.72 Å². The van der Waals surface area contributed by atoms with E-state index in [0.29, 0.717) is 0 Å². The molecular formula is C13H19NO5S. The molecule has 0 saturated carbocycles. The second-order valence-corrected chi connectivity index (χ2v) is 6.01. The fourth-order valence-electron chi connectivity index (χ4n) is 1.47. The van der Waals surface area contributed by atoms with Gasteiger partial charge in [0.25, 0.3) is 0 Å². The lowest BCUT2D eigenvalue weighted by Gasteiger charge is -2.10. The zero-order valence-electron chi connectivity index (χ0n) is 11.5. The minimum Gasteiger partial charge on any atom is -0.479 e. The summed E-state index contributed by atoms with van der Waals surface area (Å²) in [5.41, 5.74) is 1.06. The van der Waals surface area contributed by atoms with Crippen molar-refractivity contribution in [2.45, 2.75) is 31.3 Å². The van der Waals surface area contributed by atoms with Gasteiger partial charge in [-0.05, 0) is 31.0 Å². The van der Waals surface area contributed by atoms with Gasteiger partial charge in [0.2, 0.25) is 10.0 Å². The third kappa shape index (κ3) is 4.92. The first-order valence-electron chi connectivity index (χ1n) is 6.30. The molecule has 0 heterocycles. The van der Waals surface area contributed by atoms with E-state index in [1.165, 1.54) is 6.92 Å². The van der Waals surface area contributed by atoms with Gasteiger partial charge in [-0.25, -0.2) is 17.9 Å². The van der Waals surface area contributed by atoms with Crippen LogP contribution in [0, 0.1) is 0 Å². The smallest absolute Gasteiger partial charge is 0.332 e. The second kappa shape index (κ2) is 7.37. The number of aryl methyl sites for hydroxylation is 1. The molecule has 0 aliphatic carbocycles. The first-order chi connectivity index (χ1) is 9.36. The van der Waals surface area contributed by atoms with Gasteiger partial charge in [-0.2, -0.15) is 0 Å². The molecule has 1 atom stereocenters. The van der Waals surface area contributed by atoms with E-state index >= 15 is 0 Å². The fraction of sp³-hybridized carbons (Fsp3) is 0.462. The Kier molecular flexibility index (Phi) is 6.12. The van der Waals surface area contributed by atoms with Crippen LogP contribution in [0.2, 0.25) is 0 Å². The highest BCUT2D eigenvalue weighted by Crippen LogP contribution is 2.10. The number of carbonyl (C=O) groups is 1. The highest BCUT2D eigenvalue weighted by atomic mass is 32.2. The second-order valence-electron chi connectivity index (χ2n) is 4.25. The maximum atomic E-state index is 11.9. The summed E-state index contributed by atoms with van der Waals surface area (Å²) in [6.07, 6.45) is -0.113. The third-order valence-corrected chi connectivity index (χ3v) is 4.23. The van der Waals surface area contributed by atoms with E-state index in [2.05, 4.69) is 4.72 Å². The molecule has 20 heavy (non-hydrogen) atoms. The number of rotatable bonds is 8. The molecule has 0 aliphatic heterocycles. The normalized spacial score (nSPS) is 13.1. The zero-order chi connectivity index (χ0) is 15.2. The van der Waals surface area contributed by atoms with Crippen molar-refractivity contribution in [1.29, 1.82) is 0 Å². The zero-order valence-corrected chi connectivity index (χ0v) is 12.3. The van der Waals surface area contributed by atoms with E-state index in [4.69, 9.17) is 9.84 Å². The van der Waals surface area contributed by atoms with Crippen LogP contribution in [0.5, 0.6) is 0 Å². The lowest BCUT2D eigenvalue weighted by Crippen LogP contribution is -2.30. The molecule has 0 radical (unpaired) electrons. The number of sulfonamides is 1. The SMILES string of the molecule is CCc1ccc(S(=O)(=O)NCCOC(C)C(=O)O)cc1. The molecule has 7 heteroatoms. The topological polar surface area (TPSA) is 92.7 Å². The molecular weight excluding hydrogens is 282 g/mol. The van der Waals surface area contributed by atoms with Gasteiger partial charge in [-0.3, -0.25) is 0 Å². The molecule has 1 aromatic rings. The lowest BCUT2D eigenvalue weighted by molar-refractivity contribution is -0.148. The number of benzene rings is 1. The van der Waals surface area contributed by atoms with Gasteiger partial charge in [-0.1, -0.05) is 19.1 Å². The van der Waals surface area contributed by atoms with Crippen LogP contribution < -0.4 is 4.72 Å². The summed E-state index contributed by atoms with van der Waals surface area (Å²) in [7, 11) is -3.58. The molecule has 0 saturated heterocycles. The molecule has 1 rings (SSSR count). The quantitative estimate of drug-likeness (QED) is 0.699. The monoisotopic (exact) mass is 301 g/mol. The Bertz CT molecular complexity index is 538. The van der Waals surface area contributed by atoms with E-state index in [-0.39, 0.29) is 18.0 Å². The average molecular weight is 301 g/mol. The van der Waals surface area contributed by atoms with Crippen LogP contribution in [-0.2, 0) is 26.0 Å². The minimum absolute atomic E-state index is 0.000258. The average Bonchev–Trinajstić information content (AvgIpc) is 2.43. The first-order valence-corrected chi connectivity index (χ1v) is 7.78. The Labute approximate surface area is 118 Å². The summed E-state index contributed by atoms with van der Waals surface area (Å²) in [6, 6.07) is 6.61. The first kappa shape index (κ1) is 16.6. The maximum absolute atomic E-state index is 11.9. The van der Waals surface area contributed by atoms with Crippen molar-refractivity contribution >= 4 is 16.0 Å². The predicted molar refractivity (Wildman–Crippen MR) is 74.1 cm³/mol. The maximum Gasteiger partial charge on any atom is 0.332 e. The Hall–Kier alpha value is -1.44. The van der Waals surface area contributed by atoms with Crippen molar-refractivity contribution in [3.63, 3.8) is 0 Å². The van der Waals surface area contributed by atoms with Crippen LogP contribution in [0.25, 0.3) is 0 Å². The highest BCUT2D eigenvalue weighted by Gasteiger charge is 2.14. The summed E-state index contributed by atoms with van der Waals surface area (Å²) in [4.78, 5) is 10.7. The van der Waals surface area contributed by atoms with Gasteiger partial charge in [-0.15, -0.1) is 0 Å². The van der Waals surface area contributed by atoms with Gasteiger partial charge in [0.1, 0.15) is 0 Å². The largest absolute Gasteiger partial charge is 0.479 e. The van der Waals surface area contributed by atoms with Crippen molar-refractivity contribution in [3.8, 4) is 0 Å². The summed E-state index contributed by atoms with van der Waals surface area (Å²) < 4.78 is 31.2. The van der Waals surface area contributed by atoms with E-state index in [1.54, 1.807) is 24.3 Å². The summed E-state index contributed by atoms with van der Waals surface area (Å²) in [5.74, 6) is -1.08. The van der Waals surface area contributed by atoms with Crippen LogP contribution in [0.3, 0.4) is 0 Å². The van der Waals surface area contributed by atoms with Crippen molar-refractivity contribution < 1.29 is 23.1 Å². The van der Waals surface area contributed by atoms with Gasteiger partial charge in [0.15, 0.2) is 6.10 Å². The van der Waals surface area contributed by atoms with Crippen LogP contribution in [0.15, 0.2) is 29.2 Å². The van der Waals surface area contributed by atoms with Crippen LogP contribution in [0.1, 0.15) is 19.4 Å². The van der Waals surface area contributed by atoms with Crippen LogP contribution >= 0.6 is 0 Å². The Morgan fingerprint density at radius 2 is 1.95 bits per heavy atom. The van der Waals surface area contributed by atoms with Crippen LogP contribution in [-0.4, -0.2) is 38.7 Å². The number of ether oxygens (including phenoxy) is 1. The number of carboxylic acids is 1. The standard InChI is InChI=1S/C13H19NO5S/c1-3-11-4-6-12(7-5-11)20(17,18)14-8-9-19-10(2)13(15)16/h4-7,10,14H,3,8-9H2,1-2H3,(H,15,16). The predicted octanol–water partition coefficient (Wildman–Crippen LogP) is 1.02. The molecule has 1 aromatic carbocycles. The third-order valence-electron chi connectivity index (χ3n) is 2.75.